The summed E-state index contributed by atoms with van der Waals surface area (Å²) in [6.45, 7) is 7.27. The number of alkyl halides is 6. The first-order chi connectivity index (χ1) is 11.5. The van der Waals surface area contributed by atoms with Crippen molar-refractivity contribution >= 4 is 11.8 Å². The first-order valence-corrected chi connectivity index (χ1v) is 8.26. The van der Waals surface area contributed by atoms with Gasteiger partial charge in [-0.1, -0.05) is 19.9 Å². The Bertz CT molecular complexity index is 706. The fourth-order valence-corrected chi connectivity index (χ4v) is 2.69. The van der Waals surface area contributed by atoms with E-state index in [0.29, 0.717) is 27.8 Å². The molecule has 0 saturated carbocycles. The van der Waals surface area contributed by atoms with Crippen molar-refractivity contribution in [1.29, 1.82) is 0 Å². The van der Waals surface area contributed by atoms with Crippen molar-refractivity contribution in [2.45, 2.75) is 44.9 Å². The van der Waals surface area contributed by atoms with Gasteiger partial charge in [-0.25, -0.2) is 9.67 Å². The molecule has 0 fully saturated rings. The van der Waals surface area contributed by atoms with Crippen LogP contribution >= 0.6 is 11.8 Å². The molecule has 0 aliphatic rings. The van der Waals surface area contributed by atoms with Crippen molar-refractivity contribution in [3.8, 4) is 5.69 Å². The molecule has 0 bridgehead atoms. The molecule has 0 spiro atoms. The highest BCUT2D eigenvalue weighted by atomic mass is 32.2. The third kappa shape index (κ3) is 5.94. The maximum absolute atomic E-state index is 12.5. The van der Waals surface area contributed by atoms with Gasteiger partial charge in [0.1, 0.15) is 6.33 Å². The summed E-state index contributed by atoms with van der Waals surface area (Å²) in [5.41, 5.74) is 1.44. The smallest absolute Gasteiger partial charge is 0.220 e. The maximum atomic E-state index is 12.5. The van der Waals surface area contributed by atoms with Crippen molar-refractivity contribution < 1.29 is 26.3 Å². The monoisotopic (exact) mass is 385 g/mol. The first-order valence-electron chi connectivity index (χ1n) is 7.27. The van der Waals surface area contributed by atoms with Gasteiger partial charge in [0.25, 0.3) is 5.82 Å². The molecule has 0 unspecified atom stereocenters. The van der Waals surface area contributed by atoms with Gasteiger partial charge in [0.15, 0.2) is 0 Å². The minimum Gasteiger partial charge on any atom is -0.220 e. The van der Waals surface area contributed by atoms with Gasteiger partial charge in [0, 0.05) is 4.90 Å². The fourth-order valence-electron chi connectivity index (χ4n) is 1.89. The molecule has 140 valence electrons. The topological polar surface area (TPSA) is 30.7 Å². The molecule has 10 heteroatoms. The van der Waals surface area contributed by atoms with Crippen LogP contribution in [0.25, 0.3) is 5.69 Å². The molecule has 0 radical (unpaired) electrons. The summed E-state index contributed by atoms with van der Waals surface area (Å²) in [6.07, 6.45) is -8.13. The summed E-state index contributed by atoms with van der Waals surface area (Å²) >= 11 is 0.575. The molecule has 1 aromatic carbocycles. The van der Waals surface area contributed by atoms with Crippen molar-refractivity contribution in [2.24, 2.45) is 0 Å². The highest BCUT2D eigenvalue weighted by Gasteiger charge is 2.36. The molecule has 2 rings (SSSR count). The van der Waals surface area contributed by atoms with Crippen LogP contribution in [0, 0.1) is 13.8 Å². The Hall–Kier alpha value is -1.71. The van der Waals surface area contributed by atoms with Crippen LogP contribution in [0.5, 0.6) is 0 Å². The molecule has 0 amide bonds. The van der Waals surface area contributed by atoms with Gasteiger partial charge in [-0.15, -0.1) is 16.9 Å². The van der Waals surface area contributed by atoms with Gasteiger partial charge < -0.3 is 0 Å². The van der Waals surface area contributed by atoms with Crippen LogP contribution in [0.4, 0.5) is 26.3 Å². The molecular formula is C15H17F6N3S. The zero-order valence-electron chi connectivity index (χ0n) is 14.0. The average molecular weight is 385 g/mol. The number of halogens is 6. The lowest BCUT2D eigenvalue weighted by molar-refractivity contribution is -0.144. The Kier molecular flexibility index (Phi) is 6.92. The number of benzene rings is 1. The summed E-state index contributed by atoms with van der Waals surface area (Å²) in [4.78, 5) is 3.51. The van der Waals surface area contributed by atoms with Gasteiger partial charge in [0.05, 0.1) is 11.4 Å². The number of rotatable bonds is 3. The van der Waals surface area contributed by atoms with Crippen LogP contribution in [-0.2, 0) is 6.18 Å². The van der Waals surface area contributed by atoms with E-state index in [-0.39, 0.29) is 5.69 Å². The van der Waals surface area contributed by atoms with Gasteiger partial charge >= 0.3 is 12.4 Å². The lowest BCUT2D eigenvalue weighted by Crippen LogP contribution is -2.11. The third-order valence-electron chi connectivity index (χ3n) is 2.88. The number of thioether (sulfide) groups is 1. The number of nitrogens with zero attached hydrogens (tertiary/aromatic N) is 3. The van der Waals surface area contributed by atoms with Gasteiger partial charge in [0.2, 0.25) is 0 Å². The lowest BCUT2D eigenvalue weighted by Gasteiger charge is -2.13. The molecule has 3 nitrogen and oxygen atoms in total. The highest BCUT2D eigenvalue weighted by molar-refractivity contribution is 7.99. The average Bonchev–Trinajstić information content (AvgIpc) is 2.97. The van der Waals surface area contributed by atoms with E-state index in [4.69, 9.17) is 0 Å². The molecule has 0 aliphatic carbocycles. The second-order valence-corrected chi connectivity index (χ2v) is 5.84. The number of aromatic nitrogens is 3. The predicted molar refractivity (Wildman–Crippen MR) is 84.0 cm³/mol. The summed E-state index contributed by atoms with van der Waals surface area (Å²) < 4.78 is 75.6. The highest BCUT2D eigenvalue weighted by Crippen LogP contribution is 2.32. The Morgan fingerprint density at radius 2 is 1.60 bits per heavy atom. The van der Waals surface area contributed by atoms with Gasteiger partial charge in [-0.05, 0) is 31.0 Å². The van der Waals surface area contributed by atoms with E-state index in [2.05, 4.69) is 10.1 Å². The van der Waals surface area contributed by atoms with Crippen LogP contribution in [0.1, 0.15) is 30.8 Å². The predicted octanol–water partition coefficient (Wildman–Crippen LogP) is 5.58. The van der Waals surface area contributed by atoms with E-state index < -0.39 is 23.9 Å². The zero-order chi connectivity index (χ0) is 19.4. The molecule has 2 aromatic rings. The Balaban J connectivity index is 0.00000151. The maximum Gasteiger partial charge on any atom is 0.453 e. The molecule has 0 N–H and O–H groups in total. The molecule has 0 saturated heterocycles. The standard InChI is InChI=1S/C13H11F6N3S.C2H6/c1-7-3-8(2)10(23-5-12(14,15)16)4-9(7)22-6-20-11(21-22)13(17,18)19;1-2/h3-4,6H,5H2,1-2H3;1-2H3. The third-order valence-corrected chi connectivity index (χ3v) is 4.10. The number of hydrogen-bond donors (Lipinski definition) is 0. The minimum atomic E-state index is -4.68. The van der Waals surface area contributed by atoms with Crippen molar-refractivity contribution in [2.75, 3.05) is 5.75 Å². The number of aryl methyl sites for hydroxylation is 2. The van der Waals surface area contributed by atoms with Gasteiger partial charge in [-0.2, -0.15) is 26.3 Å². The fraction of sp³-hybridized carbons (Fsp3) is 0.467. The second kappa shape index (κ2) is 8.11. The van der Waals surface area contributed by atoms with Crippen molar-refractivity contribution in [1.82, 2.24) is 14.8 Å². The van der Waals surface area contributed by atoms with Crippen molar-refractivity contribution in [3.05, 3.63) is 35.4 Å². The molecule has 0 aliphatic heterocycles. The Morgan fingerprint density at radius 3 is 2.08 bits per heavy atom. The van der Waals surface area contributed by atoms with Crippen LogP contribution < -0.4 is 0 Å². The summed E-state index contributed by atoms with van der Waals surface area (Å²) in [5, 5.41) is 3.34. The molecule has 25 heavy (non-hydrogen) atoms. The Labute approximate surface area is 145 Å². The lowest BCUT2D eigenvalue weighted by atomic mass is 10.1. The number of hydrogen-bond acceptors (Lipinski definition) is 3. The van der Waals surface area contributed by atoms with E-state index in [0.717, 1.165) is 11.0 Å². The van der Waals surface area contributed by atoms with Crippen LogP contribution in [0.15, 0.2) is 23.4 Å². The quantitative estimate of drug-likeness (QED) is 0.510. The normalized spacial score (nSPS) is 11.9. The summed E-state index contributed by atoms with van der Waals surface area (Å²) in [5.74, 6) is -2.39. The van der Waals surface area contributed by atoms with Crippen LogP contribution in [-0.4, -0.2) is 26.7 Å². The summed E-state index contributed by atoms with van der Waals surface area (Å²) in [6, 6.07) is 2.99. The van der Waals surface area contributed by atoms with E-state index in [1.165, 1.54) is 6.07 Å². The molecule has 0 atom stereocenters. The van der Waals surface area contributed by atoms with Crippen LogP contribution in [0.2, 0.25) is 0 Å². The van der Waals surface area contributed by atoms with E-state index in [1.54, 1.807) is 19.9 Å². The van der Waals surface area contributed by atoms with Crippen LogP contribution in [0.3, 0.4) is 0 Å². The molecular weight excluding hydrogens is 368 g/mol. The largest absolute Gasteiger partial charge is 0.453 e. The van der Waals surface area contributed by atoms with Crippen molar-refractivity contribution in [3.63, 3.8) is 0 Å². The molecule has 1 aromatic heterocycles. The van der Waals surface area contributed by atoms with E-state index >= 15 is 0 Å². The van der Waals surface area contributed by atoms with Gasteiger partial charge in [-0.3, -0.25) is 0 Å². The second-order valence-electron chi connectivity index (χ2n) is 4.82. The summed E-state index contributed by atoms with van der Waals surface area (Å²) in [7, 11) is 0. The van der Waals surface area contributed by atoms with E-state index in [9.17, 15) is 26.3 Å². The SMILES string of the molecule is CC.Cc1cc(C)c(-n2cnc(C(F)(F)F)n2)cc1SCC(F)(F)F. The van der Waals surface area contributed by atoms with E-state index in [1.807, 2.05) is 13.8 Å². The zero-order valence-corrected chi connectivity index (χ0v) is 14.8. The minimum absolute atomic E-state index is 0.253. The molecule has 1 heterocycles. The Morgan fingerprint density at radius 1 is 1.00 bits per heavy atom. The first kappa shape index (κ1) is 21.3.